The standard InChI is InChI=1S/C14H28O3/c1-5-13(16-4)11-9-7-8-10-12(3)17-14(15)6-2/h12-13H,5-11H2,1-4H3. The van der Waals surface area contributed by atoms with Gasteiger partial charge in [-0.05, 0) is 32.6 Å². The molecule has 3 nitrogen and oxygen atoms in total. The number of esters is 1. The maximum Gasteiger partial charge on any atom is 0.305 e. The minimum absolute atomic E-state index is 0.0619. The first-order valence-corrected chi connectivity index (χ1v) is 6.86. The van der Waals surface area contributed by atoms with E-state index in [-0.39, 0.29) is 12.1 Å². The van der Waals surface area contributed by atoms with Gasteiger partial charge in [0, 0.05) is 13.5 Å². The second-order valence-electron chi connectivity index (χ2n) is 4.56. The molecule has 0 spiro atoms. The molecule has 0 aromatic rings. The van der Waals surface area contributed by atoms with Crippen LogP contribution < -0.4 is 0 Å². The lowest BCUT2D eigenvalue weighted by Crippen LogP contribution is -2.14. The van der Waals surface area contributed by atoms with E-state index in [0.717, 1.165) is 25.7 Å². The Balaban J connectivity index is 3.41. The third-order valence-electron chi connectivity index (χ3n) is 3.05. The zero-order valence-electron chi connectivity index (χ0n) is 11.8. The fourth-order valence-corrected chi connectivity index (χ4v) is 1.84. The van der Waals surface area contributed by atoms with E-state index < -0.39 is 0 Å². The highest BCUT2D eigenvalue weighted by Crippen LogP contribution is 2.12. The molecule has 3 heteroatoms. The number of carbonyl (C=O) groups excluding carboxylic acids is 1. The number of hydrogen-bond acceptors (Lipinski definition) is 3. The fourth-order valence-electron chi connectivity index (χ4n) is 1.84. The van der Waals surface area contributed by atoms with Crippen molar-refractivity contribution in [1.29, 1.82) is 0 Å². The highest BCUT2D eigenvalue weighted by atomic mass is 16.5. The summed E-state index contributed by atoms with van der Waals surface area (Å²) in [5.41, 5.74) is 0. The van der Waals surface area contributed by atoms with E-state index in [1.165, 1.54) is 12.8 Å². The minimum atomic E-state index is -0.0945. The van der Waals surface area contributed by atoms with Crippen molar-refractivity contribution in [2.45, 2.75) is 77.9 Å². The van der Waals surface area contributed by atoms with Gasteiger partial charge < -0.3 is 9.47 Å². The Morgan fingerprint density at radius 2 is 1.76 bits per heavy atom. The average molecular weight is 244 g/mol. The second kappa shape index (κ2) is 10.6. The normalized spacial score (nSPS) is 14.4. The van der Waals surface area contributed by atoms with Gasteiger partial charge in [-0.2, -0.15) is 0 Å². The molecule has 17 heavy (non-hydrogen) atoms. The third kappa shape index (κ3) is 9.16. The van der Waals surface area contributed by atoms with Crippen molar-refractivity contribution in [2.24, 2.45) is 0 Å². The van der Waals surface area contributed by atoms with Crippen molar-refractivity contribution >= 4 is 5.97 Å². The van der Waals surface area contributed by atoms with Gasteiger partial charge in [-0.25, -0.2) is 0 Å². The van der Waals surface area contributed by atoms with Crippen LogP contribution in [0.15, 0.2) is 0 Å². The van der Waals surface area contributed by atoms with Crippen molar-refractivity contribution in [3.05, 3.63) is 0 Å². The molecule has 0 rings (SSSR count). The molecular formula is C14H28O3. The molecule has 0 saturated carbocycles. The first-order chi connectivity index (χ1) is 8.13. The molecule has 0 aliphatic rings. The molecule has 0 aliphatic carbocycles. The monoisotopic (exact) mass is 244 g/mol. The number of ether oxygens (including phenoxy) is 2. The van der Waals surface area contributed by atoms with Crippen LogP contribution in [0, 0.1) is 0 Å². The van der Waals surface area contributed by atoms with Gasteiger partial charge in [-0.15, -0.1) is 0 Å². The van der Waals surface area contributed by atoms with E-state index in [9.17, 15) is 4.79 Å². The molecule has 0 fully saturated rings. The van der Waals surface area contributed by atoms with Crippen LogP contribution >= 0.6 is 0 Å². The Kier molecular flexibility index (Phi) is 10.2. The van der Waals surface area contributed by atoms with Crippen molar-refractivity contribution in [3.63, 3.8) is 0 Å². The first-order valence-electron chi connectivity index (χ1n) is 6.86. The van der Waals surface area contributed by atoms with Crippen molar-refractivity contribution in [2.75, 3.05) is 7.11 Å². The molecule has 0 heterocycles. The molecule has 0 aliphatic heterocycles. The van der Waals surface area contributed by atoms with E-state index in [0.29, 0.717) is 12.5 Å². The second-order valence-corrected chi connectivity index (χ2v) is 4.56. The van der Waals surface area contributed by atoms with Gasteiger partial charge in [0.05, 0.1) is 12.2 Å². The molecular weight excluding hydrogens is 216 g/mol. The maximum atomic E-state index is 11.0. The van der Waals surface area contributed by atoms with Crippen molar-refractivity contribution < 1.29 is 14.3 Å². The topological polar surface area (TPSA) is 35.5 Å². The predicted octanol–water partition coefficient (Wildman–Crippen LogP) is 3.70. The van der Waals surface area contributed by atoms with Crippen LogP contribution in [0.4, 0.5) is 0 Å². The van der Waals surface area contributed by atoms with Crippen molar-refractivity contribution in [3.8, 4) is 0 Å². The van der Waals surface area contributed by atoms with Crippen LogP contribution in [0.3, 0.4) is 0 Å². The van der Waals surface area contributed by atoms with E-state index in [2.05, 4.69) is 6.92 Å². The number of methoxy groups -OCH3 is 1. The molecule has 0 saturated heterocycles. The minimum Gasteiger partial charge on any atom is -0.463 e. The Labute approximate surface area is 106 Å². The molecule has 102 valence electrons. The molecule has 0 radical (unpaired) electrons. The summed E-state index contributed by atoms with van der Waals surface area (Å²) in [5.74, 6) is -0.0945. The van der Waals surface area contributed by atoms with Gasteiger partial charge in [0.15, 0.2) is 0 Å². The van der Waals surface area contributed by atoms with Gasteiger partial charge in [0.25, 0.3) is 0 Å². The van der Waals surface area contributed by atoms with Gasteiger partial charge in [0.1, 0.15) is 0 Å². The van der Waals surface area contributed by atoms with Gasteiger partial charge in [0.2, 0.25) is 0 Å². The van der Waals surface area contributed by atoms with E-state index in [1.54, 1.807) is 7.11 Å². The highest BCUT2D eigenvalue weighted by Gasteiger charge is 2.07. The lowest BCUT2D eigenvalue weighted by molar-refractivity contribution is -0.148. The summed E-state index contributed by atoms with van der Waals surface area (Å²) in [5, 5.41) is 0. The Bertz CT molecular complexity index is 188. The molecule has 0 N–H and O–H groups in total. The lowest BCUT2D eigenvalue weighted by Gasteiger charge is -2.14. The SMILES string of the molecule is CCC(=O)OC(C)CCCCCC(CC)OC. The molecule has 0 aromatic heterocycles. The quantitative estimate of drug-likeness (QED) is 0.434. The van der Waals surface area contributed by atoms with Crippen molar-refractivity contribution in [1.82, 2.24) is 0 Å². The molecule has 2 unspecified atom stereocenters. The van der Waals surface area contributed by atoms with Crippen LogP contribution in [0.5, 0.6) is 0 Å². The van der Waals surface area contributed by atoms with Crippen LogP contribution in [-0.2, 0) is 14.3 Å². The van der Waals surface area contributed by atoms with E-state index in [1.807, 2.05) is 13.8 Å². The summed E-state index contributed by atoms with van der Waals surface area (Å²) >= 11 is 0. The number of unbranched alkanes of at least 4 members (excludes halogenated alkanes) is 2. The van der Waals surface area contributed by atoms with Gasteiger partial charge in [-0.1, -0.05) is 26.7 Å². The van der Waals surface area contributed by atoms with Gasteiger partial charge >= 0.3 is 5.97 Å². The molecule has 0 bridgehead atoms. The van der Waals surface area contributed by atoms with E-state index >= 15 is 0 Å². The summed E-state index contributed by atoms with van der Waals surface area (Å²) < 4.78 is 10.5. The average Bonchev–Trinajstić information content (AvgIpc) is 2.33. The summed E-state index contributed by atoms with van der Waals surface area (Å²) in [4.78, 5) is 11.0. The zero-order chi connectivity index (χ0) is 13.1. The van der Waals surface area contributed by atoms with E-state index in [4.69, 9.17) is 9.47 Å². The summed E-state index contributed by atoms with van der Waals surface area (Å²) in [6.07, 6.45) is 7.63. The van der Waals surface area contributed by atoms with Crippen LogP contribution in [0.2, 0.25) is 0 Å². The zero-order valence-corrected chi connectivity index (χ0v) is 11.8. The molecule has 0 amide bonds. The third-order valence-corrected chi connectivity index (χ3v) is 3.05. The Hall–Kier alpha value is -0.570. The molecule has 0 aromatic carbocycles. The smallest absolute Gasteiger partial charge is 0.305 e. The predicted molar refractivity (Wildman–Crippen MR) is 70.0 cm³/mol. The Morgan fingerprint density at radius 1 is 1.12 bits per heavy atom. The Morgan fingerprint density at radius 3 is 2.29 bits per heavy atom. The number of carbonyl (C=O) groups is 1. The molecule has 2 atom stereocenters. The summed E-state index contributed by atoms with van der Waals surface area (Å²) in [7, 11) is 1.78. The maximum absolute atomic E-state index is 11.0. The van der Waals surface area contributed by atoms with Gasteiger partial charge in [-0.3, -0.25) is 4.79 Å². The summed E-state index contributed by atoms with van der Waals surface area (Å²) in [6.45, 7) is 5.95. The lowest BCUT2D eigenvalue weighted by atomic mass is 10.1. The largest absolute Gasteiger partial charge is 0.463 e. The summed E-state index contributed by atoms with van der Waals surface area (Å²) in [6, 6.07) is 0. The number of hydrogen-bond donors (Lipinski definition) is 0. The first kappa shape index (κ1) is 16.4. The van der Waals surface area contributed by atoms with Crippen LogP contribution in [0.25, 0.3) is 0 Å². The highest BCUT2D eigenvalue weighted by molar-refractivity contribution is 5.69. The fraction of sp³-hybridized carbons (Fsp3) is 0.929. The number of rotatable bonds is 10. The van der Waals surface area contributed by atoms with Crippen LogP contribution in [0.1, 0.15) is 65.7 Å². The van der Waals surface area contributed by atoms with Crippen LogP contribution in [-0.4, -0.2) is 25.3 Å².